The van der Waals surface area contributed by atoms with Crippen LogP contribution in [0.1, 0.15) is 21.6 Å². The maximum atomic E-state index is 11.0. The van der Waals surface area contributed by atoms with Gasteiger partial charge in [-0.15, -0.1) is 0 Å². The second kappa shape index (κ2) is 4.09. The van der Waals surface area contributed by atoms with Crippen LogP contribution in [-0.4, -0.2) is 15.6 Å². The van der Waals surface area contributed by atoms with E-state index in [0.717, 1.165) is 11.1 Å². The van der Waals surface area contributed by atoms with Gasteiger partial charge >= 0.3 is 5.97 Å². The quantitative estimate of drug-likeness (QED) is 0.860. The van der Waals surface area contributed by atoms with Gasteiger partial charge in [0.25, 0.3) is 0 Å². The molecule has 0 unspecified atom stereocenters. The molecule has 1 aromatic carbocycles. The number of aromatic nitrogens is 1. The van der Waals surface area contributed by atoms with E-state index in [1.807, 2.05) is 12.3 Å². The highest BCUT2D eigenvalue weighted by Crippen LogP contribution is 2.24. The van der Waals surface area contributed by atoms with E-state index in [-0.39, 0.29) is 0 Å². The van der Waals surface area contributed by atoms with Crippen molar-refractivity contribution in [3.05, 3.63) is 47.3 Å². The molecule has 0 spiro atoms. The molecule has 0 bridgehead atoms. The average Bonchev–Trinajstić information content (AvgIpc) is 2.64. The van der Waals surface area contributed by atoms with Crippen molar-refractivity contribution < 1.29 is 9.90 Å². The summed E-state index contributed by atoms with van der Waals surface area (Å²) in [6.45, 7) is 4.12. The zero-order chi connectivity index (χ0) is 12.6. The summed E-state index contributed by atoms with van der Waals surface area (Å²) < 4.78 is 1.63. The van der Waals surface area contributed by atoms with Crippen molar-refractivity contribution in [1.82, 2.24) is 4.57 Å². The molecule has 0 saturated carbocycles. The van der Waals surface area contributed by atoms with Crippen LogP contribution in [0.2, 0.25) is 0 Å². The number of rotatable bonds is 2. The molecule has 2 rings (SSSR count). The molecule has 2 aromatic rings. The molecular formula is C14H15NO2. The number of carboxylic acid groups (broad SMARTS) is 1. The Labute approximate surface area is 100 Å². The maximum Gasteiger partial charge on any atom is 0.352 e. The Bertz CT molecular complexity index is 582. The smallest absolute Gasteiger partial charge is 0.352 e. The van der Waals surface area contributed by atoms with Crippen molar-refractivity contribution in [2.45, 2.75) is 13.8 Å². The van der Waals surface area contributed by atoms with Crippen LogP contribution in [0.5, 0.6) is 0 Å². The van der Waals surface area contributed by atoms with Gasteiger partial charge in [-0.3, -0.25) is 0 Å². The molecule has 0 fully saturated rings. The van der Waals surface area contributed by atoms with E-state index in [9.17, 15) is 4.79 Å². The second-order valence-electron chi connectivity index (χ2n) is 4.33. The molecule has 17 heavy (non-hydrogen) atoms. The Morgan fingerprint density at radius 2 is 1.82 bits per heavy atom. The van der Waals surface area contributed by atoms with Crippen molar-refractivity contribution in [3.63, 3.8) is 0 Å². The monoisotopic (exact) mass is 229 g/mol. The van der Waals surface area contributed by atoms with E-state index < -0.39 is 5.97 Å². The van der Waals surface area contributed by atoms with E-state index in [2.05, 4.69) is 26.0 Å². The predicted octanol–water partition coefficient (Wildman–Crippen LogP) is 3.01. The van der Waals surface area contributed by atoms with Gasteiger partial charge in [-0.05, 0) is 36.6 Å². The molecular weight excluding hydrogens is 214 g/mol. The lowest BCUT2D eigenvalue weighted by Crippen LogP contribution is -2.02. The molecule has 88 valence electrons. The van der Waals surface area contributed by atoms with Gasteiger partial charge in [0.05, 0.1) is 0 Å². The third-order valence-electron chi connectivity index (χ3n) is 3.06. The highest BCUT2D eigenvalue weighted by atomic mass is 16.4. The lowest BCUT2D eigenvalue weighted by Gasteiger charge is -2.02. The Hall–Kier alpha value is -2.03. The minimum absolute atomic E-state index is 0.304. The SMILES string of the molecule is Cc1ccc(-c2cc(C(=O)O)n(C)c2)cc1C. The number of nitrogens with zero attached hydrogens (tertiary/aromatic N) is 1. The van der Waals surface area contributed by atoms with Crippen molar-refractivity contribution in [1.29, 1.82) is 0 Å². The van der Waals surface area contributed by atoms with Gasteiger partial charge in [0.2, 0.25) is 0 Å². The number of carboxylic acids is 1. The molecule has 0 radical (unpaired) electrons. The zero-order valence-corrected chi connectivity index (χ0v) is 10.2. The lowest BCUT2D eigenvalue weighted by atomic mass is 10.0. The van der Waals surface area contributed by atoms with E-state index in [1.165, 1.54) is 11.1 Å². The molecule has 0 aliphatic rings. The summed E-state index contributed by atoms with van der Waals surface area (Å²) >= 11 is 0. The topological polar surface area (TPSA) is 42.2 Å². The van der Waals surface area contributed by atoms with Gasteiger partial charge in [-0.2, -0.15) is 0 Å². The van der Waals surface area contributed by atoms with E-state index >= 15 is 0 Å². The molecule has 3 heteroatoms. The van der Waals surface area contributed by atoms with Crippen molar-refractivity contribution in [2.24, 2.45) is 7.05 Å². The number of carbonyl (C=O) groups is 1. The van der Waals surface area contributed by atoms with E-state index in [1.54, 1.807) is 17.7 Å². The van der Waals surface area contributed by atoms with Crippen LogP contribution in [0.3, 0.4) is 0 Å². The zero-order valence-electron chi connectivity index (χ0n) is 10.2. The number of aryl methyl sites for hydroxylation is 3. The summed E-state index contributed by atoms with van der Waals surface area (Å²) in [7, 11) is 1.74. The Morgan fingerprint density at radius 3 is 2.35 bits per heavy atom. The predicted molar refractivity (Wildman–Crippen MR) is 67.3 cm³/mol. The van der Waals surface area contributed by atoms with Gasteiger partial charge < -0.3 is 9.67 Å². The number of benzene rings is 1. The fourth-order valence-corrected chi connectivity index (χ4v) is 1.86. The first-order valence-corrected chi connectivity index (χ1v) is 5.46. The summed E-state index contributed by atoms with van der Waals surface area (Å²) in [5.41, 5.74) is 4.74. The van der Waals surface area contributed by atoms with Crippen molar-refractivity contribution in [2.75, 3.05) is 0 Å². The fraction of sp³-hybridized carbons (Fsp3) is 0.214. The molecule has 1 N–H and O–H groups in total. The summed E-state index contributed by atoms with van der Waals surface area (Å²) in [5.74, 6) is -0.900. The third kappa shape index (κ3) is 2.09. The van der Waals surface area contributed by atoms with Crippen LogP contribution >= 0.6 is 0 Å². The second-order valence-corrected chi connectivity index (χ2v) is 4.33. The molecule has 0 atom stereocenters. The van der Waals surface area contributed by atoms with Gasteiger partial charge in [0.1, 0.15) is 5.69 Å². The van der Waals surface area contributed by atoms with Gasteiger partial charge in [0.15, 0.2) is 0 Å². The minimum atomic E-state index is -0.900. The molecule has 0 amide bonds. The Kier molecular flexibility index (Phi) is 2.76. The standard InChI is InChI=1S/C14H15NO2/c1-9-4-5-11(6-10(9)2)12-7-13(14(16)17)15(3)8-12/h4-8H,1-3H3,(H,16,17). The summed E-state index contributed by atoms with van der Waals surface area (Å²) in [6.07, 6.45) is 1.84. The fourth-order valence-electron chi connectivity index (χ4n) is 1.86. The summed E-state index contributed by atoms with van der Waals surface area (Å²) in [6, 6.07) is 7.85. The first kappa shape index (κ1) is 11.5. The highest BCUT2D eigenvalue weighted by Gasteiger charge is 2.11. The Balaban J connectivity index is 2.50. The van der Waals surface area contributed by atoms with Gasteiger partial charge in [-0.25, -0.2) is 4.79 Å². The van der Waals surface area contributed by atoms with Gasteiger partial charge in [0, 0.05) is 18.8 Å². The first-order chi connectivity index (χ1) is 7.99. The molecule has 1 aromatic heterocycles. The van der Waals surface area contributed by atoms with Crippen LogP contribution in [0, 0.1) is 13.8 Å². The largest absolute Gasteiger partial charge is 0.477 e. The maximum absolute atomic E-state index is 11.0. The number of aromatic carboxylic acids is 1. The van der Waals surface area contributed by atoms with Crippen LogP contribution in [-0.2, 0) is 7.05 Å². The number of hydrogen-bond acceptors (Lipinski definition) is 1. The third-order valence-corrected chi connectivity index (χ3v) is 3.06. The first-order valence-electron chi connectivity index (χ1n) is 5.46. The van der Waals surface area contributed by atoms with Crippen LogP contribution in [0.25, 0.3) is 11.1 Å². The van der Waals surface area contributed by atoms with E-state index in [4.69, 9.17) is 5.11 Å². The Morgan fingerprint density at radius 1 is 1.12 bits per heavy atom. The number of hydrogen-bond donors (Lipinski definition) is 1. The van der Waals surface area contributed by atoms with Gasteiger partial charge in [-0.1, -0.05) is 18.2 Å². The van der Waals surface area contributed by atoms with Crippen molar-refractivity contribution >= 4 is 5.97 Å². The molecule has 0 aliphatic heterocycles. The van der Waals surface area contributed by atoms with E-state index in [0.29, 0.717) is 5.69 Å². The highest BCUT2D eigenvalue weighted by molar-refractivity contribution is 5.88. The molecule has 0 aliphatic carbocycles. The molecule has 3 nitrogen and oxygen atoms in total. The molecule has 0 saturated heterocycles. The van der Waals surface area contributed by atoms with Crippen molar-refractivity contribution in [3.8, 4) is 11.1 Å². The van der Waals surface area contributed by atoms with Crippen LogP contribution in [0.4, 0.5) is 0 Å². The lowest BCUT2D eigenvalue weighted by molar-refractivity contribution is 0.0686. The normalized spacial score (nSPS) is 10.5. The van der Waals surface area contributed by atoms with Crippen LogP contribution in [0.15, 0.2) is 30.5 Å². The average molecular weight is 229 g/mol. The summed E-state index contributed by atoms with van der Waals surface area (Å²) in [5, 5.41) is 9.00. The van der Waals surface area contributed by atoms with Crippen LogP contribution < -0.4 is 0 Å². The minimum Gasteiger partial charge on any atom is -0.477 e. The summed E-state index contributed by atoms with van der Waals surface area (Å²) in [4.78, 5) is 11.0. The molecule has 1 heterocycles.